The van der Waals surface area contributed by atoms with Crippen LogP contribution in [0.1, 0.15) is 25.8 Å². The smallest absolute Gasteiger partial charge is 0.227 e. The number of hydrogen-bond donors (Lipinski definition) is 1. The summed E-state index contributed by atoms with van der Waals surface area (Å²) < 4.78 is 0. The number of rotatable bonds is 1. The van der Waals surface area contributed by atoms with E-state index < -0.39 is 17.2 Å². The zero-order valence-corrected chi connectivity index (χ0v) is 10.9. The predicted octanol–water partition coefficient (Wildman–Crippen LogP) is 1.43. The summed E-state index contributed by atoms with van der Waals surface area (Å²) in [4.78, 5) is 25.3. The lowest BCUT2D eigenvalue weighted by molar-refractivity contribution is -0.128. The first-order valence-corrected chi connectivity index (χ1v) is 6.01. The van der Waals surface area contributed by atoms with Crippen molar-refractivity contribution in [2.45, 2.75) is 25.7 Å². The molecule has 4 nitrogen and oxygen atoms in total. The van der Waals surface area contributed by atoms with Gasteiger partial charge in [-0.3, -0.25) is 9.59 Å². The van der Waals surface area contributed by atoms with Gasteiger partial charge in [0.05, 0.1) is 5.92 Å². The SMILES string of the molecule is CN1C(=O)CC(C(N)=O)C(C)(C)c2ccccc21. The van der Waals surface area contributed by atoms with Crippen molar-refractivity contribution in [3.63, 3.8) is 0 Å². The quantitative estimate of drug-likeness (QED) is 0.814. The number of amides is 2. The number of carbonyl (C=O) groups is 2. The second-order valence-corrected chi connectivity index (χ2v) is 5.35. The van der Waals surface area contributed by atoms with Gasteiger partial charge in [0.25, 0.3) is 0 Å². The number of carbonyl (C=O) groups excluding carboxylic acids is 2. The molecule has 0 radical (unpaired) electrons. The lowest BCUT2D eigenvalue weighted by Gasteiger charge is -2.31. The summed E-state index contributed by atoms with van der Waals surface area (Å²) >= 11 is 0. The van der Waals surface area contributed by atoms with Crippen LogP contribution >= 0.6 is 0 Å². The first kappa shape index (κ1) is 12.6. The first-order chi connectivity index (χ1) is 8.35. The Bertz CT molecular complexity index is 508. The summed E-state index contributed by atoms with van der Waals surface area (Å²) in [5.41, 5.74) is 6.87. The topological polar surface area (TPSA) is 63.4 Å². The molecule has 96 valence electrons. The molecule has 18 heavy (non-hydrogen) atoms. The molecule has 4 heteroatoms. The maximum atomic E-state index is 12.1. The molecule has 1 unspecified atom stereocenters. The van der Waals surface area contributed by atoms with Crippen LogP contribution in [0.3, 0.4) is 0 Å². The van der Waals surface area contributed by atoms with Crippen LogP contribution in [0.5, 0.6) is 0 Å². The van der Waals surface area contributed by atoms with Crippen LogP contribution in [0, 0.1) is 5.92 Å². The Morgan fingerprint density at radius 1 is 1.39 bits per heavy atom. The maximum Gasteiger partial charge on any atom is 0.227 e. The Balaban J connectivity index is 2.66. The Morgan fingerprint density at radius 2 is 2.00 bits per heavy atom. The molecule has 0 aromatic heterocycles. The zero-order chi connectivity index (χ0) is 13.5. The van der Waals surface area contributed by atoms with Crippen LogP contribution in [0.4, 0.5) is 5.69 Å². The molecule has 0 bridgehead atoms. The molecule has 1 aromatic carbocycles. The van der Waals surface area contributed by atoms with E-state index in [1.165, 1.54) is 0 Å². The molecule has 1 atom stereocenters. The number of hydrogen-bond acceptors (Lipinski definition) is 2. The lowest BCUT2D eigenvalue weighted by Crippen LogP contribution is -2.39. The van der Waals surface area contributed by atoms with E-state index in [1.54, 1.807) is 11.9 Å². The highest BCUT2D eigenvalue weighted by molar-refractivity contribution is 5.98. The minimum atomic E-state index is -0.476. The highest BCUT2D eigenvalue weighted by Crippen LogP contribution is 2.41. The molecule has 2 amide bonds. The molecule has 0 aliphatic carbocycles. The minimum absolute atomic E-state index is 0.0724. The van der Waals surface area contributed by atoms with Gasteiger partial charge < -0.3 is 10.6 Å². The van der Waals surface area contributed by atoms with Gasteiger partial charge >= 0.3 is 0 Å². The average molecular weight is 246 g/mol. The third-order valence-electron chi connectivity index (χ3n) is 3.93. The number of fused-ring (bicyclic) bond motifs is 1. The predicted molar refractivity (Wildman–Crippen MR) is 70.2 cm³/mol. The van der Waals surface area contributed by atoms with Gasteiger partial charge in [0, 0.05) is 24.6 Å². The summed E-state index contributed by atoms with van der Waals surface area (Å²) in [6, 6.07) is 7.67. The number of nitrogens with two attached hydrogens (primary N) is 1. The molecule has 0 spiro atoms. The average Bonchev–Trinajstić information content (AvgIpc) is 2.40. The van der Waals surface area contributed by atoms with Gasteiger partial charge in [-0.1, -0.05) is 32.0 Å². The van der Waals surface area contributed by atoms with Crippen molar-refractivity contribution in [3.8, 4) is 0 Å². The van der Waals surface area contributed by atoms with E-state index in [2.05, 4.69) is 0 Å². The number of benzene rings is 1. The molecular formula is C14H18N2O2. The summed E-state index contributed by atoms with van der Waals surface area (Å²) in [5.74, 6) is -0.966. The number of primary amides is 1. The van der Waals surface area contributed by atoms with Gasteiger partial charge in [-0.15, -0.1) is 0 Å². The van der Waals surface area contributed by atoms with Gasteiger partial charge in [-0.05, 0) is 11.6 Å². The zero-order valence-electron chi connectivity index (χ0n) is 10.9. The van der Waals surface area contributed by atoms with Crippen LogP contribution in [0.25, 0.3) is 0 Å². The Kier molecular flexibility index (Phi) is 2.89. The summed E-state index contributed by atoms with van der Waals surface area (Å²) in [5, 5.41) is 0. The lowest BCUT2D eigenvalue weighted by atomic mass is 9.72. The van der Waals surface area contributed by atoms with Gasteiger partial charge in [0.15, 0.2) is 0 Å². The second kappa shape index (κ2) is 4.12. The van der Waals surface area contributed by atoms with Crippen LogP contribution in [0.15, 0.2) is 24.3 Å². The molecule has 1 aliphatic rings. The molecular weight excluding hydrogens is 228 g/mol. The summed E-state index contributed by atoms with van der Waals surface area (Å²) in [7, 11) is 1.74. The van der Waals surface area contributed by atoms with E-state index in [1.807, 2.05) is 38.1 Å². The van der Waals surface area contributed by atoms with Crippen molar-refractivity contribution >= 4 is 17.5 Å². The van der Waals surface area contributed by atoms with Crippen LogP contribution in [0.2, 0.25) is 0 Å². The van der Waals surface area contributed by atoms with E-state index in [-0.39, 0.29) is 12.3 Å². The summed E-state index contributed by atoms with van der Waals surface area (Å²) in [6.45, 7) is 3.93. The standard InChI is InChI=1S/C14H18N2O2/c1-14(2)9-6-4-5-7-11(9)16(3)12(17)8-10(14)13(15)18/h4-7,10H,8H2,1-3H3,(H2,15,18). The fourth-order valence-corrected chi connectivity index (χ4v) is 2.66. The van der Waals surface area contributed by atoms with E-state index in [0.29, 0.717) is 0 Å². The van der Waals surface area contributed by atoms with Gasteiger partial charge in [0.1, 0.15) is 0 Å². The second-order valence-electron chi connectivity index (χ2n) is 5.35. The van der Waals surface area contributed by atoms with Gasteiger partial charge in [-0.25, -0.2) is 0 Å². The fraction of sp³-hybridized carbons (Fsp3) is 0.429. The Hall–Kier alpha value is -1.84. The molecule has 1 aromatic rings. The van der Waals surface area contributed by atoms with Crippen molar-refractivity contribution in [1.29, 1.82) is 0 Å². The van der Waals surface area contributed by atoms with E-state index in [0.717, 1.165) is 11.3 Å². The van der Waals surface area contributed by atoms with Gasteiger partial charge in [0.2, 0.25) is 11.8 Å². The largest absolute Gasteiger partial charge is 0.369 e. The number of para-hydroxylation sites is 1. The summed E-state index contributed by atoms with van der Waals surface area (Å²) in [6.07, 6.45) is 0.160. The van der Waals surface area contributed by atoms with Crippen molar-refractivity contribution in [3.05, 3.63) is 29.8 Å². The van der Waals surface area contributed by atoms with Crippen molar-refractivity contribution in [1.82, 2.24) is 0 Å². The molecule has 0 fully saturated rings. The molecule has 2 rings (SSSR count). The van der Waals surface area contributed by atoms with Crippen LogP contribution < -0.4 is 10.6 Å². The third-order valence-corrected chi connectivity index (χ3v) is 3.93. The number of anilines is 1. The molecule has 0 saturated carbocycles. The third kappa shape index (κ3) is 1.78. The van der Waals surface area contributed by atoms with Gasteiger partial charge in [-0.2, -0.15) is 0 Å². The van der Waals surface area contributed by atoms with Crippen molar-refractivity contribution in [2.75, 3.05) is 11.9 Å². The van der Waals surface area contributed by atoms with E-state index >= 15 is 0 Å². The molecule has 0 saturated heterocycles. The Labute approximate surface area is 107 Å². The van der Waals surface area contributed by atoms with E-state index in [4.69, 9.17) is 5.73 Å². The monoisotopic (exact) mass is 246 g/mol. The van der Waals surface area contributed by atoms with Crippen LogP contribution in [-0.4, -0.2) is 18.9 Å². The molecule has 1 aliphatic heterocycles. The van der Waals surface area contributed by atoms with E-state index in [9.17, 15) is 9.59 Å². The minimum Gasteiger partial charge on any atom is -0.369 e. The highest BCUT2D eigenvalue weighted by Gasteiger charge is 2.42. The fourth-order valence-electron chi connectivity index (χ4n) is 2.66. The first-order valence-electron chi connectivity index (χ1n) is 6.01. The molecule has 2 N–H and O–H groups in total. The maximum absolute atomic E-state index is 12.1. The molecule has 1 heterocycles. The Morgan fingerprint density at radius 3 is 2.61 bits per heavy atom. The van der Waals surface area contributed by atoms with Crippen molar-refractivity contribution < 1.29 is 9.59 Å². The highest BCUT2D eigenvalue weighted by atomic mass is 16.2. The van der Waals surface area contributed by atoms with Crippen molar-refractivity contribution in [2.24, 2.45) is 11.7 Å². The van der Waals surface area contributed by atoms with Crippen LogP contribution in [-0.2, 0) is 15.0 Å². The number of nitrogens with zero attached hydrogens (tertiary/aromatic N) is 1. The normalized spacial score (nSPS) is 22.3.